The molecule has 1 aromatic rings. The molecule has 2 N–H and O–H groups in total. The molecule has 21 heavy (non-hydrogen) atoms. The van der Waals surface area contributed by atoms with Crippen molar-refractivity contribution < 1.29 is 9.90 Å². The van der Waals surface area contributed by atoms with Gasteiger partial charge in [-0.3, -0.25) is 4.79 Å². The lowest BCUT2D eigenvalue weighted by molar-refractivity contribution is -0.113. The Kier molecular flexibility index (Phi) is 7.10. The molecule has 0 heterocycles. The molecule has 0 aliphatic heterocycles. The van der Waals surface area contributed by atoms with Gasteiger partial charge in [-0.2, -0.15) is 0 Å². The number of aliphatic hydroxyl groups excluding tert-OH is 1. The Hall–Kier alpha value is -1.15. The molecule has 0 radical (unpaired) electrons. The maximum atomic E-state index is 12.0. The number of carbonyl (C=O) groups excluding carboxylic acids is 1. The van der Waals surface area contributed by atoms with Crippen LogP contribution < -0.4 is 5.32 Å². The summed E-state index contributed by atoms with van der Waals surface area (Å²) in [6.45, 7) is 6.22. The van der Waals surface area contributed by atoms with Gasteiger partial charge in [0.2, 0.25) is 5.91 Å². The first-order valence-electron chi connectivity index (χ1n) is 6.65. The average molecular weight is 326 g/mol. The van der Waals surface area contributed by atoms with E-state index in [9.17, 15) is 4.79 Å². The molecule has 0 aliphatic carbocycles. The third kappa shape index (κ3) is 7.42. The minimum Gasteiger partial charge on any atom is -0.395 e. The summed E-state index contributed by atoms with van der Waals surface area (Å²) in [5.74, 6) is 6.06. The highest BCUT2D eigenvalue weighted by Gasteiger charge is 2.14. The van der Waals surface area contributed by atoms with Gasteiger partial charge in [-0.1, -0.05) is 44.2 Å². The summed E-state index contributed by atoms with van der Waals surface area (Å²) < 4.78 is 0.0371. The standard InChI is InChI=1S/C16H20ClNO2S/c1-16(2,3)21-11-15(20)18-14-10-13(17)8-7-12(14)6-4-5-9-19/h7-8,10,19H,5,9,11H2,1-3H3,(H,18,20). The fourth-order valence-corrected chi connectivity index (χ4v) is 2.22. The molecule has 0 bridgehead atoms. The molecule has 0 atom stereocenters. The summed E-state index contributed by atoms with van der Waals surface area (Å²) in [6.07, 6.45) is 0.399. The van der Waals surface area contributed by atoms with Gasteiger partial charge in [0.05, 0.1) is 18.0 Å². The average Bonchev–Trinajstić information content (AvgIpc) is 2.38. The number of halogens is 1. The highest BCUT2D eigenvalue weighted by Crippen LogP contribution is 2.24. The number of amides is 1. The largest absolute Gasteiger partial charge is 0.395 e. The van der Waals surface area contributed by atoms with E-state index in [2.05, 4.69) is 37.9 Å². The van der Waals surface area contributed by atoms with Crippen LogP contribution in [0, 0.1) is 11.8 Å². The van der Waals surface area contributed by atoms with Crippen LogP contribution in [0.25, 0.3) is 0 Å². The van der Waals surface area contributed by atoms with Gasteiger partial charge in [0, 0.05) is 21.8 Å². The number of anilines is 1. The van der Waals surface area contributed by atoms with E-state index in [0.29, 0.717) is 28.4 Å². The Balaban J connectivity index is 2.79. The molecular formula is C16H20ClNO2S. The Morgan fingerprint density at radius 1 is 1.43 bits per heavy atom. The van der Waals surface area contributed by atoms with E-state index in [1.165, 1.54) is 0 Å². The Bertz CT molecular complexity index is 556. The number of hydrogen-bond acceptors (Lipinski definition) is 3. The zero-order chi connectivity index (χ0) is 15.9. The van der Waals surface area contributed by atoms with Crippen molar-refractivity contribution in [2.45, 2.75) is 31.9 Å². The van der Waals surface area contributed by atoms with Crippen LogP contribution in [0.2, 0.25) is 5.02 Å². The van der Waals surface area contributed by atoms with Crippen LogP contribution in [0.15, 0.2) is 18.2 Å². The van der Waals surface area contributed by atoms with E-state index >= 15 is 0 Å². The molecule has 1 aromatic carbocycles. The van der Waals surface area contributed by atoms with Crippen molar-refractivity contribution in [3.8, 4) is 11.8 Å². The van der Waals surface area contributed by atoms with Crippen LogP contribution in [-0.4, -0.2) is 28.1 Å². The van der Waals surface area contributed by atoms with E-state index in [1.807, 2.05) is 0 Å². The van der Waals surface area contributed by atoms with Crippen molar-refractivity contribution in [3.63, 3.8) is 0 Å². The lowest BCUT2D eigenvalue weighted by Gasteiger charge is -2.17. The van der Waals surface area contributed by atoms with Gasteiger partial charge in [0.15, 0.2) is 0 Å². The van der Waals surface area contributed by atoms with Gasteiger partial charge in [-0.15, -0.1) is 11.8 Å². The summed E-state index contributed by atoms with van der Waals surface area (Å²) in [4.78, 5) is 12.0. The van der Waals surface area contributed by atoms with Gasteiger partial charge in [0.25, 0.3) is 0 Å². The van der Waals surface area contributed by atoms with E-state index in [0.717, 1.165) is 0 Å². The van der Waals surface area contributed by atoms with Gasteiger partial charge in [-0.25, -0.2) is 0 Å². The lowest BCUT2D eigenvalue weighted by Crippen LogP contribution is -2.19. The number of benzene rings is 1. The summed E-state index contributed by atoms with van der Waals surface area (Å²) in [5, 5.41) is 12.1. The quantitative estimate of drug-likeness (QED) is 0.832. The van der Waals surface area contributed by atoms with Crippen LogP contribution in [0.1, 0.15) is 32.8 Å². The highest BCUT2D eigenvalue weighted by atomic mass is 35.5. The van der Waals surface area contributed by atoms with E-state index in [1.54, 1.807) is 30.0 Å². The minimum atomic E-state index is -0.0811. The zero-order valence-corrected chi connectivity index (χ0v) is 14.1. The SMILES string of the molecule is CC(C)(C)SCC(=O)Nc1cc(Cl)ccc1C#CCCO. The number of aliphatic hydroxyl groups is 1. The molecule has 0 aliphatic rings. The second-order valence-corrected chi connectivity index (χ2v) is 7.65. The monoisotopic (exact) mass is 325 g/mol. The number of hydrogen-bond donors (Lipinski definition) is 2. The van der Waals surface area contributed by atoms with Gasteiger partial charge < -0.3 is 10.4 Å². The third-order valence-electron chi connectivity index (χ3n) is 2.35. The van der Waals surface area contributed by atoms with Crippen molar-refractivity contribution >= 4 is 35.0 Å². The van der Waals surface area contributed by atoms with E-state index < -0.39 is 0 Å². The first kappa shape index (κ1) is 17.9. The molecule has 0 saturated heterocycles. The predicted molar refractivity (Wildman–Crippen MR) is 90.9 cm³/mol. The van der Waals surface area contributed by atoms with Gasteiger partial charge >= 0.3 is 0 Å². The molecule has 0 spiro atoms. The van der Waals surface area contributed by atoms with Crippen LogP contribution in [0.3, 0.4) is 0 Å². The third-order valence-corrected chi connectivity index (χ3v) is 3.86. The molecule has 0 unspecified atom stereocenters. The zero-order valence-electron chi connectivity index (χ0n) is 12.5. The van der Waals surface area contributed by atoms with E-state index in [-0.39, 0.29) is 17.3 Å². The number of rotatable bonds is 4. The van der Waals surface area contributed by atoms with Gasteiger partial charge in [-0.05, 0) is 18.2 Å². The molecule has 114 valence electrons. The number of carbonyl (C=O) groups is 1. The first-order valence-corrected chi connectivity index (χ1v) is 8.01. The topological polar surface area (TPSA) is 49.3 Å². The predicted octanol–water partition coefficient (Wildman–Crippen LogP) is 3.54. The minimum absolute atomic E-state index is 0.0184. The molecule has 0 fully saturated rings. The molecule has 0 saturated carbocycles. The van der Waals surface area contributed by atoms with Crippen molar-refractivity contribution in [1.82, 2.24) is 0 Å². The van der Waals surface area contributed by atoms with Crippen LogP contribution in [-0.2, 0) is 4.79 Å². The van der Waals surface area contributed by atoms with Crippen LogP contribution >= 0.6 is 23.4 Å². The van der Waals surface area contributed by atoms with Crippen LogP contribution in [0.5, 0.6) is 0 Å². The summed E-state index contributed by atoms with van der Waals surface area (Å²) in [7, 11) is 0. The van der Waals surface area contributed by atoms with Crippen molar-refractivity contribution in [3.05, 3.63) is 28.8 Å². The van der Waals surface area contributed by atoms with Crippen LogP contribution in [0.4, 0.5) is 5.69 Å². The summed E-state index contributed by atoms with van der Waals surface area (Å²) in [6, 6.07) is 5.17. The van der Waals surface area contributed by atoms with E-state index in [4.69, 9.17) is 16.7 Å². The summed E-state index contributed by atoms with van der Waals surface area (Å²) >= 11 is 7.54. The maximum absolute atomic E-state index is 12.0. The lowest BCUT2D eigenvalue weighted by atomic mass is 10.1. The second kappa shape index (κ2) is 8.33. The fraction of sp³-hybridized carbons (Fsp3) is 0.438. The fourth-order valence-electron chi connectivity index (χ4n) is 1.41. The molecular weight excluding hydrogens is 306 g/mol. The number of thioether (sulfide) groups is 1. The van der Waals surface area contributed by atoms with Gasteiger partial charge in [0.1, 0.15) is 0 Å². The molecule has 3 nitrogen and oxygen atoms in total. The Morgan fingerprint density at radius 2 is 2.14 bits per heavy atom. The first-order chi connectivity index (χ1) is 9.81. The normalized spacial score (nSPS) is 10.7. The van der Waals surface area contributed by atoms with Crippen molar-refractivity contribution in [2.75, 3.05) is 17.7 Å². The molecule has 1 rings (SSSR count). The Labute approximate surface area is 135 Å². The highest BCUT2D eigenvalue weighted by molar-refractivity contribution is 8.01. The molecule has 1 amide bonds. The van der Waals surface area contributed by atoms with Crippen molar-refractivity contribution in [2.24, 2.45) is 0 Å². The summed E-state index contributed by atoms with van der Waals surface area (Å²) in [5.41, 5.74) is 1.30. The second-order valence-electron chi connectivity index (χ2n) is 5.41. The van der Waals surface area contributed by atoms with Crippen molar-refractivity contribution in [1.29, 1.82) is 0 Å². The molecule has 0 aromatic heterocycles. The Morgan fingerprint density at radius 3 is 2.76 bits per heavy atom. The maximum Gasteiger partial charge on any atom is 0.234 e. The number of nitrogens with one attached hydrogen (secondary N) is 1. The molecule has 5 heteroatoms. The smallest absolute Gasteiger partial charge is 0.234 e.